The van der Waals surface area contributed by atoms with Crippen molar-refractivity contribution in [2.45, 2.75) is 13.0 Å². The Morgan fingerprint density at radius 2 is 2.00 bits per heavy atom. The van der Waals surface area contributed by atoms with Crippen LogP contribution in [0.15, 0.2) is 42.5 Å². The first-order valence-corrected chi connectivity index (χ1v) is 7.87. The van der Waals surface area contributed by atoms with E-state index < -0.39 is 4.92 Å². The maximum absolute atomic E-state index is 13.1. The van der Waals surface area contributed by atoms with Gasteiger partial charge in [0.25, 0.3) is 5.69 Å². The minimum absolute atomic E-state index is 0.0901. The van der Waals surface area contributed by atoms with Crippen LogP contribution in [0.4, 0.5) is 15.8 Å². The lowest BCUT2D eigenvalue weighted by molar-refractivity contribution is -0.385. The molecule has 0 spiro atoms. The maximum Gasteiger partial charge on any atom is 0.280 e. The summed E-state index contributed by atoms with van der Waals surface area (Å²) in [6, 6.07) is 10.7. The van der Waals surface area contributed by atoms with Gasteiger partial charge in [0.2, 0.25) is 0 Å². The average molecular weight is 344 g/mol. The number of hydrogen-bond donors (Lipinski definition) is 0. The molecule has 130 valence electrons. The van der Waals surface area contributed by atoms with E-state index in [0.29, 0.717) is 19.7 Å². The van der Waals surface area contributed by atoms with E-state index >= 15 is 0 Å². The van der Waals surface area contributed by atoms with Crippen molar-refractivity contribution >= 4 is 17.2 Å². The number of Topliss-reactive ketones (excluding diaryl/α,β-unsaturated/α-hetero) is 1. The first-order chi connectivity index (χ1) is 12.0. The molecule has 0 N–H and O–H groups in total. The third-order valence-corrected chi connectivity index (χ3v) is 4.23. The number of carbonyl (C=O) groups excluding carboxylic acids is 1. The molecule has 1 fully saturated rings. The summed E-state index contributed by atoms with van der Waals surface area (Å²) in [6.45, 7) is 2.90. The van der Waals surface area contributed by atoms with Crippen LogP contribution in [0.2, 0.25) is 0 Å². The molecular weight excluding hydrogens is 327 g/mol. The summed E-state index contributed by atoms with van der Waals surface area (Å²) < 4.78 is 18.8. The van der Waals surface area contributed by atoms with Gasteiger partial charge in [-0.05, 0) is 36.8 Å². The van der Waals surface area contributed by atoms with Crippen LogP contribution >= 0.6 is 0 Å². The first-order valence-electron chi connectivity index (χ1n) is 7.87. The van der Waals surface area contributed by atoms with Crippen LogP contribution in [0.25, 0.3) is 0 Å². The van der Waals surface area contributed by atoms with E-state index in [9.17, 15) is 19.3 Å². The zero-order valence-corrected chi connectivity index (χ0v) is 13.6. The third-order valence-electron chi connectivity index (χ3n) is 4.23. The lowest BCUT2D eigenvalue weighted by Crippen LogP contribution is -2.38. The second-order valence-electron chi connectivity index (χ2n) is 5.87. The number of hydrogen-bond acceptors (Lipinski definition) is 5. The van der Waals surface area contributed by atoms with Crippen molar-refractivity contribution in [1.29, 1.82) is 0 Å². The van der Waals surface area contributed by atoms with Crippen LogP contribution in [-0.2, 0) is 4.74 Å². The summed E-state index contributed by atoms with van der Waals surface area (Å²) in [7, 11) is 0. The number of benzene rings is 2. The molecule has 0 amide bonds. The number of nitro benzene ring substituents is 1. The van der Waals surface area contributed by atoms with Crippen molar-refractivity contribution in [3.63, 3.8) is 0 Å². The Labute approximate surface area is 144 Å². The molecule has 1 saturated heterocycles. The number of nitrogens with zero attached hydrogens (tertiary/aromatic N) is 2. The molecule has 0 radical (unpaired) electrons. The Hall–Kier alpha value is -2.80. The smallest absolute Gasteiger partial charge is 0.280 e. The van der Waals surface area contributed by atoms with E-state index in [-0.39, 0.29) is 29.0 Å². The van der Waals surface area contributed by atoms with Crippen molar-refractivity contribution < 1.29 is 18.8 Å². The Morgan fingerprint density at radius 3 is 2.64 bits per heavy atom. The van der Waals surface area contributed by atoms with E-state index in [4.69, 9.17) is 4.74 Å². The molecule has 0 aliphatic carbocycles. The van der Waals surface area contributed by atoms with Crippen molar-refractivity contribution in [2.75, 3.05) is 24.6 Å². The Bertz CT molecular complexity index is 807. The molecule has 3 rings (SSSR count). The molecule has 2 aromatic carbocycles. The molecule has 2 aromatic rings. The molecule has 0 unspecified atom stereocenters. The number of halogens is 1. The van der Waals surface area contributed by atoms with E-state index in [1.807, 2.05) is 4.90 Å². The van der Waals surface area contributed by atoms with Gasteiger partial charge < -0.3 is 9.64 Å². The summed E-state index contributed by atoms with van der Waals surface area (Å²) in [5.74, 6) is -0.658. The zero-order valence-electron chi connectivity index (χ0n) is 13.6. The Kier molecular flexibility index (Phi) is 4.76. The van der Waals surface area contributed by atoms with Crippen LogP contribution in [0.3, 0.4) is 0 Å². The number of ketones is 1. The molecule has 1 aliphatic rings. The van der Waals surface area contributed by atoms with Gasteiger partial charge in [-0.3, -0.25) is 14.9 Å². The number of ether oxygens (including phenoxy) is 1. The van der Waals surface area contributed by atoms with Gasteiger partial charge in [0.15, 0.2) is 5.78 Å². The van der Waals surface area contributed by atoms with Crippen LogP contribution in [0.1, 0.15) is 28.9 Å². The zero-order chi connectivity index (χ0) is 18.0. The molecule has 1 atom stereocenters. The van der Waals surface area contributed by atoms with Crippen molar-refractivity contribution in [2.24, 2.45) is 0 Å². The van der Waals surface area contributed by atoms with Crippen molar-refractivity contribution in [1.82, 2.24) is 0 Å². The molecule has 0 aromatic heterocycles. The molecular formula is C18H17FN2O4. The highest BCUT2D eigenvalue weighted by molar-refractivity contribution is 5.99. The van der Waals surface area contributed by atoms with Crippen LogP contribution in [-0.4, -0.2) is 30.4 Å². The lowest BCUT2D eigenvalue weighted by atomic mass is 10.1. The molecule has 0 saturated carbocycles. The molecule has 1 aliphatic heterocycles. The summed E-state index contributed by atoms with van der Waals surface area (Å²) in [4.78, 5) is 24.3. The standard InChI is InChI=1S/C18H17FN2O4/c1-12(22)16-10-15(6-7-17(16)21(23)24)20-8-9-25-18(11-20)13-2-4-14(19)5-3-13/h2-7,10,18H,8-9,11H2,1H3/t18-/m1/s1. The number of nitro groups is 1. The first kappa shape index (κ1) is 17.0. The van der Waals surface area contributed by atoms with Crippen LogP contribution < -0.4 is 4.90 Å². The SMILES string of the molecule is CC(=O)c1cc(N2CCO[C@@H](c3ccc(F)cc3)C2)ccc1[N+](=O)[O-]. The molecule has 25 heavy (non-hydrogen) atoms. The minimum Gasteiger partial charge on any atom is -0.370 e. The highest BCUT2D eigenvalue weighted by Gasteiger charge is 2.25. The number of carbonyl (C=O) groups is 1. The van der Waals surface area contributed by atoms with E-state index in [1.165, 1.54) is 25.1 Å². The second kappa shape index (κ2) is 6.98. The predicted octanol–water partition coefficient (Wildman–Crippen LogP) is 3.51. The fraction of sp³-hybridized carbons (Fsp3) is 0.278. The minimum atomic E-state index is -0.554. The topological polar surface area (TPSA) is 72.7 Å². The van der Waals surface area contributed by atoms with E-state index in [2.05, 4.69) is 0 Å². The summed E-state index contributed by atoms with van der Waals surface area (Å²) in [5, 5.41) is 11.1. The number of morpholine rings is 1. The van der Waals surface area contributed by atoms with Gasteiger partial charge >= 0.3 is 0 Å². The van der Waals surface area contributed by atoms with Crippen LogP contribution in [0, 0.1) is 15.9 Å². The van der Waals surface area contributed by atoms with Gasteiger partial charge in [0.05, 0.1) is 17.1 Å². The molecule has 0 bridgehead atoms. The molecule has 6 nitrogen and oxygen atoms in total. The predicted molar refractivity (Wildman–Crippen MR) is 90.4 cm³/mol. The monoisotopic (exact) mass is 344 g/mol. The highest BCUT2D eigenvalue weighted by Crippen LogP contribution is 2.30. The fourth-order valence-electron chi connectivity index (χ4n) is 2.92. The van der Waals surface area contributed by atoms with Gasteiger partial charge in [0.1, 0.15) is 11.9 Å². The highest BCUT2D eigenvalue weighted by atomic mass is 19.1. The normalized spacial score (nSPS) is 17.4. The van der Waals surface area contributed by atoms with Gasteiger partial charge in [-0.25, -0.2) is 4.39 Å². The lowest BCUT2D eigenvalue weighted by Gasteiger charge is -2.35. The van der Waals surface area contributed by atoms with Gasteiger partial charge in [-0.15, -0.1) is 0 Å². The Morgan fingerprint density at radius 1 is 1.28 bits per heavy atom. The number of rotatable bonds is 4. The number of anilines is 1. The van der Waals surface area contributed by atoms with Gasteiger partial charge in [-0.1, -0.05) is 12.1 Å². The molecule has 1 heterocycles. The average Bonchev–Trinajstić information content (AvgIpc) is 2.62. The summed E-state index contributed by atoms with van der Waals surface area (Å²) in [5.41, 5.74) is 1.48. The Balaban J connectivity index is 1.86. The van der Waals surface area contributed by atoms with Gasteiger partial charge in [-0.2, -0.15) is 0 Å². The fourth-order valence-corrected chi connectivity index (χ4v) is 2.92. The quantitative estimate of drug-likeness (QED) is 0.482. The van der Waals surface area contributed by atoms with E-state index in [0.717, 1.165) is 11.3 Å². The van der Waals surface area contributed by atoms with Crippen molar-refractivity contribution in [3.05, 3.63) is 69.5 Å². The molecule has 7 heteroatoms. The van der Waals surface area contributed by atoms with Crippen LogP contribution in [0.5, 0.6) is 0 Å². The van der Waals surface area contributed by atoms with Crippen molar-refractivity contribution in [3.8, 4) is 0 Å². The maximum atomic E-state index is 13.1. The summed E-state index contributed by atoms with van der Waals surface area (Å²) in [6.07, 6.45) is -0.231. The van der Waals surface area contributed by atoms with E-state index in [1.54, 1.807) is 24.3 Å². The van der Waals surface area contributed by atoms with Gasteiger partial charge in [0, 0.05) is 24.8 Å². The summed E-state index contributed by atoms with van der Waals surface area (Å²) >= 11 is 0. The third kappa shape index (κ3) is 3.66. The second-order valence-corrected chi connectivity index (χ2v) is 5.87. The largest absolute Gasteiger partial charge is 0.370 e.